The summed E-state index contributed by atoms with van der Waals surface area (Å²) in [5, 5.41) is 0. The molecule has 9 aromatic rings. The first-order valence-electron chi connectivity index (χ1n) is 24.4. The molecule has 6 aliphatic carbocycles. The number of hydrogen-bond acceptors (Lipinski definition) is 1. The van der Waals surface area contributed by atoms with Gasteiger partial charge >= 0.3 is 0 Å². The molecule has 9 aromatic carbocycles. The SMILES string of the molecule is c1ccc(-c2ccccc2-c2ccccc2-c2ccccc2N(c2ccc(C3C4CC5CC(C4)CC3C5)cc2)c2ccc3c(c2)C2(c4ccccc4-c4ccccc42)c2ccccc2-3)cc1. The molecule has 4 bridgehead atoms. The fourth-order valence-corrected chi connectivity index (χ4v) is 14.4. The van der Waals surface area contributed by atoms with E-state index in [-0.39, 0.29) is 0 Å². The van der Waals surface area contributed by atoms with E-state index in [2.05, 4.69) is 223 Å². The molecule has 1 spiro atoms. The summed E-state index contributed by atoms with van der Waals surface area (Å²) in [6.45, 7) is 0. The first-order valence-corrected chi connectivity index (χ1v) is 24.4. The second-order valence-electron chi connectivity index (χ2n) is 20.0. The Balaban J connectivity index is 0.979. The van der Waals surface area contributed by atoms with Gasteiger partial charge in [0.25, 0.3) is 0 Å². The molecule has 0 aromatic heterocycles. The van der Waals surface area contributed by atoms with Gasteiger partial charge in [0, 0.05) is 16.9 Å². The van der Waals surface area contributed by atoms with E-state index >= 15 is 0 Å². The summed E-state index contributed by atoms with van der Waals surface area (Å²) in [5.41, 5.74) is 22.7. The molecule has 4 saturated carbocycles. The molecule has 1 heteroatoms. The zero-order valence-corrected chi connectivity index (χ0v) is 37.2. The molecule has 0 unspecified atom stereocenters. The third-order valence-corrected chi connectivity index (χ3v) is 16.7. The molecule has 0 N–H and O–H groups in total. The van der Waals surface area contributed by atoms with Crippen molar-refractivity contribution in [1.29, 1.82) is 0 Å². The topological polar surface area (TPSA) is 3.24 Å². The van der Waals surface area contributed by atoms with Crippen LogP contribution in [0.15, 0.2) is 218 Å². The number of para-hydroxylation sites is 1. The Morgan fingerprint density at radius 2 is 0.742 bits per heavy atom. The molecular formula is C65H51N. The van der Waals surface area contributed by atoms with Gasteiger partial charge < -0.3 is 4.90 Å². The van der Waals surface area contributed by atoms with Crippen molar-refractivity contribution >= 4 is 17.1 Å². The van der Waals surface area contributed by atoms with E-state index in [0.717, 1.165) is 23.7 Å². The summed E-state index contributed by atoms with van der Waals surface area (Å²) in [6, 6.07) is 82.6. The summed E-state index contributed by atoms with van der Waals surface area (Å²) < 4.78 is 0. The van der Waals surface area contributed by atoms with E-state index in [1.165, 1.54) is 127 Å². The quantitative estimate of drug-likeness (QED) is 0.154. The molecule has 0 radical (unpaired) electrons. The third-order valence-electron chi connectivity index (χ3n) is 16.7. The monoisotopic (exact) mass is 845 g/mol. The summed E-state index contributed by atoms with van der Waals surface area (Å²) in [6.07, 6.45) is 7.20. The van der Waals surface area contributed by atoms with Crippen molar-refractivity contribution in [3.8, 4) is 55.6 Å². The van der Waals surface area contributed by atoms with Crippen LogP contribution in [0.5, 0.6) is 0 Å². The lowest BCUT2D eigenvalue weighted by Crippen LogP contribution is -2.43. The van der Waals surface area contributed by atoms with E-state index in [0.29, 0.717) is 5.92 Å². The van der Waals surface area contributed by atoms with Crippen LogP contribution >= 0.6 is 0 Å². The summed E-state index contributed by atoms with van der Waals surface area (Å²) >= 11 is 0. The molecule has 0 atom stereocenters. The minimum Gasteiger partial charge on any atom is -0.310 e. The zero-order valence-electron chi connectivity index (χ0n) is 37.2. The summed E-state index contributed by atoms with van der Waals surface area (Å²) in [5.74, 6) is 4.29. The van der Waals surface area contributed by atoms with Crippen molar-refractivity contribution in [1.82, 2.24) is 0 Å². The van der Waals surface area contributed by atoms with Crippen molar-refractivity contribution in [2.75, 3.05) is 4.90 Å². The van der Waals surface area contributed by atoms with Gasteiger partial charge in [-0.15, -0.1) is 0 Å². The van der Waals surface area contributed by atoms with Crippen molar-refractivity contribution in [2.45, 2.75) is 43.4 Å². The highest BCUT2D eigenvalue weighted by molar-refractivity contribution is 5.99. The second kappa shape index (κ2) is 14.9. The predicted molar refractivity (Wildman–Crippen MR) is 274 cm³/mol. The van der Waals surface area contributed by atoms with Crippen LogP contribution in [0.25, 0.3) is 55.6 Å². The average molecular weight is 846 g/mol. The molecule has 1 nitrogen and oxygen atoms in total. The second-order valence-corrected chi connectivity index (χ2v) is 20.0. The highest BCUT2D eigenvalue weighted by atomic mass is 15.1. The van der Waals surface area contributed by atoms with Gasteiger partial charge in [0.05, 0.1) is 11.1 Å². The Kier molecular flexibility index (Phi) is 8.60. The Hall–Kier alpha value is -7.22. The molecular weight excluding hydrogens is 795 g/mol. The van der Waals surface area contributed by atoms with E-state index < -0.39 is 5.41 Å². The van der Waals surface area contributed by atoms with Crippen LogP contribution in [-0.4, -0.2) is 0 Å². The predicted octanol–water partition coefficient (Wildman–Crippen LogP) is 17.0. The standard InChI is InChI=1S/C65H51N/c1-2-16-44(17-3-1)50-18-4-5-19-51(50)52-20-6-7-21-53(52)58-25-11-15-29-63(58)66(48-32-30-45(31-33-48)64-46-37-42-36-43(39-46)40-47(64)38-42)49-34-35-57-56-24-10-14-28-61(56)65(62(57)41-49)59-26-12-8-22-54(59)55-23-9-13-27-60(55)65/h1-35,41-43,46-47,64H,36-40H2. The van der Waals surface area contributed by atoms with Gasteiger partial charge in [-0.2, -0.15) is 0 Å². The lowest BCUT2D eigenvalue weighted by molar-refractivity contribution is -0.00277. The fraction of sp³-hybridized carbons (Fsp3) is 0.169. The number of nitrogens with zero attached hydrogens (tertiary/aromatic N) is 1. The van der Waals surface area contributed by atoms with E-state index in [1.807, 2.05) is 0 Å². The smallest absolute Gasteiger partial charge is 0.0726 e. The summed E-state index contributed by atoms with van der Waals surface area (Å²) in [7, 11) is 0. The maximum Gasteiger partial charge on any atom is 0.0726 e. The first kappa shape index (κ1) is 38.1. The third kappa shape index (κ3) is 5.59. The Labute approximate surface area is 389 Å². The number of hydrogen-bond donors (Lipinski definition) is 0. The highest BCUT2D eigenvalue weighted by Crippen LogP contribution is 2.64. The lowest BCUT2D eigenvalue weighted by Gasteiger charge is -2.54. The van der Waals surface area contributed by atoms with Gasteiger partial charge in [0.1, 0.15) is 0 Å². The van der Waals surface area contributed by atoms with Gasteiger partial charge in [-0.25, -0.2) is 0 Å². The van der Waals surface area contributed by atoms with Crippen LogP contribution in [0.4, 0.5) is 17.1 Å². The number of benzene rings is 9. The maximum atomic E-state index is 2.57. The van der Waals surface area contributed by atoms with Crippen LogP contribution < -0.4 is 4.90 Å². The fourth-order valence-electron chi connectivity index (χ4n) is 14.4. The highest BCUT2D eigenvalue weighted by Gasteiger charge is 2.52. The Morgan fingerprint density at radius 3 is 1.32 bits per heavy atom. The van der Waals surface area contributed by atoms with Gasteiger partial charge in [-0.1, -0.05) is 188 Å². The largest absolute Gasteiger partial charge is 0.310 e. The number of anilines is 3. The Morgan fingerprint density at radius 1 is 0.318 bits per heavy atom. The molecule has 0 amide bonds. The first-order chi connectivity index (χ1) is 32.7. The van der Waals surface area contributed by atoms with Crippen LogP contribution in [0.2, 0.25) is 0 Å². The van der Waals surface area contributed by atoms with Crippen LogP contribution in [0.3, 0.4) is 0 Å². The van der Waals surface area contributed by atoms with Crippen molar-refractivity contribution in [3.63, 3.8) is 0 Å². The van der Waals surface area contributed by atoms with E-state index in [9.17, 15) is 0 Å². The van der Waals surface area contributed by atoms with E-state index in [4.69, 9.17) is 0 Å². The lowest BCUT2D eigenvalue weighted by atomic mass is 9.51. The number of rotatable bonds is 7. The minimum atomic E-state index is -0.433. The average Bonchev–Trinajstić information content (AvgIpc) is 3.84. The molecule has 316 valence electrons. The van der Waals surface area contributed by atoms with E-state index in [1.54, 1.807) is 5.56 Å². The molecule has 0 aliphatic heterocycles. The summed E-state index contributed by atoms with van der Waals surface area (Å²) in [4.78, 5) is 2.57. The maximum absolute atomic E-state index is 2.57. The van der Waals surface area contributed by atoms with Crippen LogP contribution in [0.1, 0.15) is 65.8 Å². The van der Waals surface area contributed by atoms with Gasteiger partial charge in [-0.3, -0.25) is 0 Å². The Bertz CT molecular complexity index is 3250. The molecule has 6 aliphatic rings. The molecule has 15 rings (SSSR count). The van der Waals surface area contributed by atoms with Gasteiger partial charge in [-0.05, 0) is 170 Å². The van der Waals surface area contributed by atoms with Crippen molar-refractivity contribution < 1.29 is 0 Å². The van der Waals surface area contributed by atoms with Gasteiger partial charge in [0.2, 0.25) is 0 Å². The zero-order chi connectivity index (χ0) is 43.3. The molecule has 0 saturated heterocycles. The van der Waals surface area contributed by atoms with Crippen LogP contribution in [-0.2, 0) is 5.41 Å². The van der Waals surface area contributed by atoms with Crippen molar-refractivity contribution in [2.24, 2.45) is 23.7 Å². The molecule has 4 fully saturated rings. The molecule has 66 heavy (non-hydrogen) atoms. The molecule has 0 heterocycles. The van der Waals surface area contributed by atoms with Crippen molar-refractivity contribution in [3.05, 3.63) is 246 Å². The van der Waals surface area contributed by atoms with Crippen LogP contribution in [0, 0.1) is 23.7 Å². The number of fused-ring (bicyclic) bond motifs is 10. The normalized spacial score (nSPS) is 21.0. The van der Waals surface area contributed by atoms with Gasteiger partial charge in [0.15, 0.2) is 0 Å². The minimum absolute atomic E-state index is 0.433.